The number of aryl methyl sites for hydroxylation is 1. The standard InChI is InChI=1S/C18H23N3O2S/c1-14-7-8-16(24-14)13-21(18(23)12-20-17(22)11-19)10-9-15-5-3-2-4-6-15/h2-8H,9-13,19H2,1H3,(H,20,22). The predicted molar refractivity (Wildman–Crippen MR) is 96.7 cm³/mol. The summed E-state index contributed by atoms with van der Waals surface area (Å²) in [6, 6.07) is 14.2. The molecule has 6 heteroatoms. The Morgan fingerprint density at radius 3 is 2.54 bits per heavy atom. The Morgan fingerprint density at radius 1 is 1.17 bits per heavy atom. The van der Waals surface area contributed by atoms with Gasteiger partial charge in [-0.1, -0.05) is 30.3 Å². The van der Waals surface area contributed by atoms with Crippen molar-refractivity contribution in [3.8, 4) is 0 Å². The minimum Gasteiger partial charge on any atom is -0.346 e. The summed E-state index contributed by atoms with van der Waals surface area (Å²) < 4.78 is 0. The lowest BCUT2D eigenvalue weighted by atomic mass is 10.1. The maximum absolute atomic E-state index is 12.5. The van der Waals surface area contributed by atoms with Gasteiger partial charge in [0.25, 0.3) is 0 Å². The van der Waals surface area contributed by atoms with Gasteiger partial charge in [0, 0.05) is 16.3 Å². The molecule has 2 amide bonds. The van der Waals surface area contributed by atoms with Crippen molar-refractivity contribution in [2.75, 3.05) is 19.6 Å². The van der Waals surface area contributed by atoms with Crippen molar-refractivity contribution < 1.29 is 9.59 Å². The van der Waals surface area contributed by atoms with Crippen molar-refractivity contribution in [1.82, 2.24) is 10.2 Å². The maximum atomic E-state index is 12.5. The number of nitrogens with one attached hydrogen (secondary N) is 1. The highest BCUT2D eigenvalue weighted by molar-refractivity contribution is 7.11. The van der Waals surface area contributed by atoms with Gasteiger partial charge >= 0.3 is 0 Å². The first kappa shape index (κ1) is 18.2. The van der Waals surface area contributed by atoms with E-state index < -0.39 is 0 Å². The molecule has 5 nitrogen and oxygen atoms in total. The molecular weight excluding hydrogens is 322 g/mol. The van der Waals surface area contributed by atoms with Crippen LogP contribution in [-0.2, 0) is 22.6 Å². The molecule has 0 atom stereocenters. The Kier molecular flexibility index (Phi) is 6.96. The van der Waals surface area contributed by atoms with Crippen LogP contribution in [-0.4, -0.2) is 36.3 Å². The highest BCUT2D eigenvalue weighted by atomic mass is 32.1. The average Bonchev–Trinajstić information content (AvgIpc) is 3.02. The first-order chi connectivity index (χ1) is 11.6. The Morgan fingerprint density at radius 2 is 1.92 bits per heavy atom. The van der Waals surface area contributed by atoms with Crippen LogP contribution in [0.3, 0.4) is 0 Å². The first-order valence-corrected chi connectivity index (χ1v) is 8.74. The number of nitrogens with zero attached hydrogens (tertiary/aromatic N) is 1. The molecular formula is C18H23N3O2S. The number of hydrogen-bond acceptors (Lipinski definition) is 4. The fraction of sp³-hybridized carbons (Fsp3) is 0.333. The predicted octanol–water partition coefficient (Wildman–Crippen LogP) is 1.70. The van der Waals surface area contributed by atoms with E-state index in [4.69, 9.17) is 5.73 Å². The van der Waals surface area contributed by atoms with Crippen molar-refractivity contribution in [3.63, 3.8) is 0 Å². The summed E-state index contributed by atoms with van der Waals surface area (Å²) in [7, 11) is 0. The van der Waals surface area contributed by atoms with E-state index in [1.165, 1.54) is 10.4 Å². The van der Waals surface area contributed by atoms with Gasteiger partial charge < -0.3 is 16.0 Å². The fourth-order valence-electron chi connectivity index (χ4n) is 2.32. The van der Waals surface area contributed by atoms with E-state index in [1.54, 1.807) is 16.2 Å². The highest BCUT2D eigenvalue weighted by Gasteiger charge is 2.15. The molecule has 0 aliphatic heterocycles. The molecule has 2 rings (SSSR count). The highest BCUT2D eigenvalue weighted by Crippen LogP contribution is 2.17. The summed E-state index contributed by atoms with van der Waals surface area (Å²) in [6.45, 7) is 3.09. The second-order valence-corrected chi connectivity index (χ2v) is 6.92. The second kappa shape index (κ2) is 9.20. The fourth-order valence-corrected chi connectivity index (χ4v) is 3.22. The molecule has 24 heavy (non-hydrogen) atoms. The molecule has 0 unspecified atom stereocenters. The van der Waals surface area contributed by atoms with Crippen LogP contribution in [0.2, 0.25) is 0 Å². The van der Waals surface area contributed by atoms with E-state index in [9.17, 15) is 9.59 Å². The third kappa shape index (κ3) is 5.79. The number of carbonyl (C=O) groups is 2. The Hall–Kier alpha value is -2.18. The number of hydrogen-bond donors (Lipinski definition) is 2. The van der Waals surface area contributed by atoms with Gasteiger partial charge in [-0.15, -0.1) is 11.3 Å². The van der Waals surface area contributed by atoms with Gasteiger partial charge in [0.05, 0.1) is 19.6 Å². The molecule has 0 fully saturated rings. The molecule has 1 heterocycles. The van der Waals surface area contributed by atoms with Crippen LogP contribution in [0.25, 0.3) is 0 Å². The monoisotopic (exact) mass is 345 g/mol. The van der Waals surface area contributed by atoms with Crippen LogP contribution in [0.1, 0.15) is 15.3 Å². The molecule has 128 valence electrons. The van der Waals surface area contributed by atoms with Gasteiger partial charge in [0.1, 0.15) is 0 Å². The Balaban J connectivity index is 1.99. The first-order valence-electron chi connectivity index (χ1n) is 7.92. The topological polar surface area (TPSA) is 75.4 Å². The molecule has 2 aromatic rings. The van der Waals surface area contributed by atoms with E-state index in [2.05, 4.69) is 11.4 Å². The smallest absolute Gasteiger partial charge is 0.242 e. The molecule has 0 saturated carbocycles. The third-order valence-corrected chi connectivity index (χ3v) is 4.62. The molecule has 1 aromatic carbocycles. The summed E-state index contributed by atoms with van der Waals surface area (Å²) in [6.07, 6.45) is 0.780. The van der Waals surface area contributed by atoms with Crippen LogP contribution in [0.4, 0.5) is 0 Å². The van der Waals surface area contributed by atoms with Gasteiger partial charge in [-0.3, -0.25) is 9.59 Å². The van der Waals surface area contributed by atoms with Crippen molar-refractivity contribution in [2.45, 2.75) is 19.9 Å². The Bertz CT molecular complexity index is 670. The molecule has 0 spiro atoms. The molecule has 0 bridgehead atoms. The van der Waals surface area contributed by atoms with Crippen LogP contribution in [0, 0.1) is 6.92 Å². The molecule has 0 radical (unpaired) electrons. The lowest BCUT2D eigenvalue weighted by Gasteiger charge is -2.22. The van der Waals surface area contributed by atoms with Crippen molar-refractivity contribution in [2.24, 2.45) is 5.73 Å². The molecule has 0 aliphatic carbocycles. The normalized spacial score (nSPS) is 10.4. The SMILES string of the molecule is Cc1ccc(CN(CCc2ccccc2)C(=O)CNC(=O)CN)s1. The van der Waals surface area contributed by atoms with Crippen molar-refractivity contribution in [1.29, 1.82) is 0 Å². The van der Waals surface area contributed by atoms with Gasteiger partial charge in [-0.05, 0) is 31.0 Å². The van der Waals surface area contributed by atoms with Gasteiger partial charge in [0.15, 0.2) is 0 Å². The molecule has 3 N–H and O–H groups in total. The number of nitrogens with two attached hydrogens (primary N) is 1. The lowest BCUT2D eigenvalue weighted by Crippen LogP contribution is -2.42. The number of thiophene rings is 1. The van der Waals surface area contributed by atoms with Crippen LogP contribution >= 0.6 is 11.3 Å². The number of carbonyl (C=O) groups excluding carboxylic acids is 2. The van der Waals surface area contributed by atoms with Crippen LogP contribution < -0.4 is 11.1 Å². The number of benzene rings is 1. The summed E-state index contributed by atoms with van der Waals surface area (Å²) >= 11 is 1.68. The third-order valence-electron chi connectivity index (χ3n) is 3.63. The van der Waals surface area contributed by atoms with Gasteiger partial charge in [-0.25, -0.2) is 0 Å². The Labute approximate surface area is 146 Å². The van der Waals surface area contributed by atoms with E-state index in [0.717, 1.165) is 11.3 Å². The van der Waals surface area contributed by atoms with E-state index in [1.807, 2.05) is 43.3 Å². The summed E-state index contributed by atoms with van der Waals surface area (Å²) in [5.74, 6) is -0.419. The van der Waals surface area contributed by atoms with Crippen molar-refractivity contribution in [3.05, 3.63) is 57.8 Å². The zero-order chi connectivity index (χ0) is 17.4. The van der Waals surface area contributed by atoms with Crippen LogP contribution in [0.5, 0.6) is 0 Å². The number of rotatable bonds is 8. The zero-order valence-corrected chi connectivity index (χ0v) is 14.6. The van der Waals surface area contributed by atoms with Crippen molar-refractivity contribution >= 4 is 23.2 Å². The minimum absolute atomic E-state index is 0.0187. The molecule has 0 saturated heterocycles. The minimum atomic E-state index is -0.321. The lowest BCUT2D eigenvalue weighted by molar-refractivity contribution is -0.133. The van der Waals surface area contributed by atoms with Crippen LogP contribution in [0.15, 0.2) is 42.5 Å². The van der Waals surface area contributed by atoms with E-state index >= 15 is 0 Å². The summed E-state index contributed by atoms with van der Waals surface area (Å²) in [5, 5.41) is 2.55. The van der Waals surface area contributed by atoms with Gasteiger partial charge in [-0.2, -0.15) is 0 Å². The average molecular weight is 345 g/mol. The van der Waals surface area contributed by atoms with E-state index in [0.29, 0.717) is 13.1 Å². The maximum Gasteiger partial charge on any atom is 0.242 e. The molecule has 1 aromatic heterocycles. The summed E-state index contributed by atoms with van der Waals surface area (Å²) in [4.78, 5) is 27.9. The second-order valence-electron chi connectivity index (χ2n) is 5.54. The van der Waals surface area contributed by atoms with Gasteiger partial charge in [0.2, 0.25) is 11.8 Å². The quantitative estimate of drug-likeness (QED) is 0.765. The zero-order valence-electron chi connectivity index (χ0n) is 13.8. The summed E-state index contributed by atoms with van der Waals surface area (Å²) in [5.41, 5.74) is 6.44. The largest absolute Gasteiger partial charge is 0.346 e. The molecule has 0 aliphatic rings. The van der Waals surface area contributed by atoms with E-state index in [-0.39, 0.29) is 24.9 Å². The number of amides is 2.